The van der Waals surface area contributed by atoms with Crippen LogP contribution in [0.3, 0.4) is 0 Å². The summed E-state index contributed by atoms with van der Waals surface area (Å²) >= 11 is 10.3. The minimum atomic E-state index is -0.469. The van der Waals surface area contributed by atoms with Crippen molar-refractivity contribution in [1.82, 2.24) is 10.2 Å². The lowest BCUT2D eigenvalue weighted by molar-refractivity contribution is -0.113. The molecule has 128 valence electrons. The highest BCUT2D eigenvalue weighted by atomic mass is 79.9. The van der Waals surface area contributed by atoms with Gasteiger partial charge in [-0.2, -0.15) is 0 Å². The Morgan fingerprint density at radius 3 is 2.72 bits per heavy atom. The zero-order valence-corrected chi connectivity index (χ0v) is 15.7. The smallest absolute Gasteiger partial charge is 0.277 e. The molecule has 0 saturated heterocycles. The van der Waals surface area contributed by atoms with Gasteiger partial charge in [-0.1, -0.05) is 39.3 Å². The lowest BCUT2D eigenvalue weighted by Gasteiger charge is -2.06. The fraction of sp³-hybridized carbons (Fsp3) is 0.0625. The van der Waals surface area contributed by atoms with Gasteiger partial charge in [-0.15, -0.1) is 10.2 Å². The topological polar surface area (TPSA) is 68.0 Å². The highest BCUT2D eigenvalue weighted by molar-refractivity contribution is 9.10. The molecule has 5 nitrogen and oxygen atoms in total. The summed E-state index contributed by atoms with van der Waals surface area (Å²) in [6.45, 7) is 0. The van der Waals surface area contributed by atoms with Crippen LogP contribution in [0.1, 0.15) is 0 Å². The molecule has 1 heterocycles. The van der Waals surface area contributed by atoms with Crippen molar-refractivity contribution in [3.8, 4) is 11.5 Å². The van der Waals surface area contributed by atoms with Crippen LogP contribution >= 0.6 is 39.3 Å². The molecule has 25 heavy (non-hydrogen) atoms. The number of thioether (sulfide) groups is 1. The van der Waals surface area contributed by atoms with Gasteiger partial charge in [0.15, 0.2) is 0 Å². The minimum Gasteiger partial charge on any atom is -0.411 e. The molecule has 3 aromatic rings. The van der Waals surface area contributed by atoms with Gasteiger partial charge >= 0.3 is 0 Å². The molecule has 2 aromatic carbocycles. The molecule has 1 amide bonds. The van der Waals surface area contributed by atoms with E-state index in [0.29, 0.717) is 11.6 Å². The number of benzene rings is 2. The van der Waals surface area contributed by atoms with E-state index < -0.39 is 5.82 Å². The van der Waals surface area contributed by atoms with Crippen LogP contribution < -0.4 is 5.32 Å². The number of nitrogens with one attached hydrogen (secondary N) is 1. The van der Waals surface area contributed by atoms with Crippen LogP contribution in [0.15, 0.2) is 56.6 Å². The number of anilines is 1. The van der Waals surface area contributed by atoms with Gasteiger partial charge in [0.1, 0.15) is 5.82 Å². The molecule has 0 aliphatic rings. The third kappa shape index (κ3) is 4.81. The van der Waals surface area contributed by atoms with Crippen molar-refractivity contribution in [3.05, 3.63) is 57.8 Å². The van der Waals surface area contributed by atoms with E-state index in [1.54, 1.807) is 0 Å². The van der Waals surface area contributed by atoms with Crippen molar-refractivity contribution < 1.29 is 13.6 Å². The summed E-state index contributed by atoms with van der Waals surface area (Å²) in [5.41, 5.74) is 1.12. The van der Waals surface area contributed by atoms with Gasteiger partial charge in [-0.25, -0.2) is 4.39 Å². The van der Waals surface area contributed by atoms with E-state index in [9.17, 15) is 9.18 Å². The summed E-state index contributed by atoms with van der Waals surface area (Å²) in [4.78, 5) is 12.0. The van der Waals surface area contributed by atoms with E-state index >= 15 is 0 Å². The molecule has 0 spiro atoms. The molecule has 0 aliphatic carbocycles. The molecule has 1 N–H and O–H groups in total. The number of hydrogen-bond donors (Lipinski definition) is 1. The zero-order chi connectivity index (χ0) is 17.8. The highest BCUT2D eigenvalue weighted by Gasteiger charge is 2.12. The summed E-state index contributed by atoms with van der Waals surface area (Å²) < 4.78 is 19.5. The van der Waals surface area contributed by atoms with Crippen LogP contribution in [0.25, 0.3) is 11.5 Å². The number of carbonyl (C=O) groups excluding carboxylic acids is 1. The van der Waals surface area contributed by atoms with Crippen LogP contribution in [0.2, 0.25) is 5.02 Å². The van der Waals surface area contributed by atoms with Gasteiger partial charge in [0, 0.05) is 10.0 Å². The standard InChI is InChI=1S/C16H10BrClFN3O2S/c17-10-3-1-9(2-4-10)15-21-22-16(24-15)25-8-14(23)20-13-6-5-11(19)7-12(13)18/h1-7H,8H2,(H,20,23). The second kappa shape index (κ2) is 7.99. The monoisotopic (exact) mass is 441 g/mol. The van der Waals surface area contributed by atoms with Crippen molar-refractivity contribution in [3.63, 3.8) is 0 Å². The first-order chi connectivity index (χ1) is 12.0. The summed E-state index contributed by atoms with van der Waals surface area (Å²) in [6, 6.07) is 11.2. The number of amides is 1. The second-order valence-electron chi connectivity index (χ2n) is 4.84. The molecular weight excluding hydrogens is 433 g/mol. The molecule has 0 unspecified atom stereocenters. The van der Waals surface area contributed by atoms with Crippen LogP contribution in [-0.4, -0.2) is 21.9 Å². The SMILES string of the molecule is O=C(CSc1nnc(-c2ccc(Br)cc2)o1)Nc1ccc(F)cc1Cl. The van der Waals surface area contributed by atoms with Gasteiger partial charge in [-0.05, 0) is 42.5 Å². The lowest BCUT2D eigenvalue weighted by atomic mass is 10.2. The fourth-order valence-electron chi connectivity index (χ4n) is 1.88. The van der Waals surface area contributed by atoms with Gasteiger partial charge in [0.2, 0.25) is 11.8 Å². The Labute approximate surface area is 160 Å². The lowest BCUT2D eigenvalue weighted by Crippen LogP contribution is -2.14. The van der Waals surface area contributed by atoms with Crippen LogP contribution in [-0.2, 0) is 4.79 Å². The number of nitrogens with zero attached hydrogens (tertiary/aromatic N) is 2. The maximum atomic E-state index is 13.0. The summed E-state index contributed by atoms with van der Waals surface area (Å²) in [5, 5.41) is 10.9. The number of rotatable bonds is 5. The average molecular weight is 443 g/mol. The van der Waals surface area contributed by atoms with Crippen molar-refractivity contribution in [2.24, 2.45) is 0 Å². The largest absolute Gasteiger partial charge is 0.411 e. The van der Waals surface area contributed by atoms with Crippen LogP contribution in [0.4, 0.5) is 10.1 Å². The van der Waals surface area contributed by atoms with Crippen LogP contribution in [0.5, 0.6) is 0 Å². The fourth-order valence-corrected chi connectivity index (χ4v) is 2.92. The summed E-state index contributed by atoms with van der Waals surface area (Å²) in [5.74, 6) is -0.363. The summed E-state index contributed by atoms with van der Waals surface area (Å²) in [7, 11) is 0. The maximum Gasteiger partial charge on any atom is 0.277 e. The van der Waals surface area contributed by atoms with Crippen molar-refractivity contribution >= 4 is 50.9 Å². The van der Waals surface area contributed by atoms with Crippen molar-refractivity contribution in [2.75, 3.05) is 11.1 Å². The van der Waals surface area contributed by atoms with E-state index in [1.165, 1.54) is 12.1 Å². The molecule has 9 heteroatoms. The average Bonchev–Trinajstić information content (AvgIpc) is 3.05. The van der Waals surface area contributed by atoms with E-state index in [1.807, 2.05) is 24.3 Å². The third-order valence-electron chi connectivity index (χ3n) is 3.03. The molecule has 1 aromatic heterocycles. The number of halogens is 3. The third-order valence-corrected chi connectivity index (χ3v) is 4.69. The van der Waals surface area contributed by atoms with E-state index in [4.69, 9.17) is 16.0 Å². The zero-order valence-electron chi connectivity index (χ0n) is 12.5. The molecule has 0 atom stereocenters. The quantitative estimate of drug-likeness (QED) is 0.562. The Kier molecular flexibility index (Phi) is 5.72. The predicted octanol–water partition coefficient (Wildman–Crippen LogP) is 5.02. The van der Waals surface area contributed by atoms with Gasteiger partial charge < -0.3 is 9.73 Å². The molecule has 0 saturated carbocycles. The number of aromatic nitrogens is 2. The first-order valence-corrected chi connectivity index (χ1v) is 9.14. The minimum absolute atomic E-state index is 0.0513. The summed E-state index contributed by atoms with van der Waals surface area (Å²) in [6.07, 6.45) is 0. The Balaban J connectivity index is 1.58. The number of carbonyl (C=O) groups is 1. The molecule has 0 bridgehead atoms. The Hall–Kier alpha value is -1.90. The predicted molar refractivity (Wildman–Crippen MR) is 98.2 cm³/mol. The van der Waals surface area contributed by atoms with Gasteiger partial charge in [-0.3, -0.25) is 4.79 Å². The molecule has 0 aliphatic heterocycles. The Bertz CT molecular complexity index is 905. The van der Waals surface area contributed by atoms with Crippen molar-refractivity contribution in [2.45, 2.75) is 5.22 Å². The molecular formula is C16H10BrClFN3O2S. The van der Waals surface area contributed by atoms with E-state index in [2.05, 4.69) is 31.4 Å². The second-order valence-corrected chi connectivity index (χ2v) is 7.09. The van der Waals surface area contributed by atoms with E-state index in [-0.39, 0.29) is 21.9 Å². The molecule has 0 fully saturated rings. The maximum absolute atomic E-state index is 13.0. The van der Waals surface area contributed by atoms with Gasteiger partial charge in [0.05, 0.1) is 16.5 Å². The highest BCUT2D eigenvalue weighted by Crippen LogP contribution is 2.26. The van der Waals surface area contributed by atoms with Gasteiger partial charge in [0.25, 0.3) is 5.22 Å². The molecule has 0 radical (unpaired) electrons. The van der Waals surface area contributed by atoms with E-state index in [0.717, 1.165) is 27.9 Å². The Morgan fingerprint density at radius 1 is 1.24 bits per heavy atom. The first kappa shape index (κ1) is 17.9. The normalized spacial score (nSPS) is 10.7. The van der Waals surface area contributed by atoms with Crippen molar-refractivity contribution in [1.29, 1.82) is 0 Å². The molecule has 3 rings (SSSR count). The van der Waals surface area contributed by atoms with Crippen LogP contribution in [0, 0.1) is 5.82 Å². The number of hydrogen-bond acceptors (Lipinski definition) is 5. The Morgan fingerprint density at radius 2 is 2.00 bits per heavy atom. The first-order valence-electron chi connectivity index (χ1n) is 6.98.